The Morgan fingerprint density at radius 1 is 1.26 bits per heavy atom. The van der Waals surface area contributed by atoms with Crippen molar-refractivity contribution in [2.45, 2.75) is 25.9 Å². The highest BCUT2D eigenvalue weighted by atomic mass is 127. The Bertz CT molecular complexity index is 702. The highest BCUT2D eigenvalue weighted by molar-refractivity contribution is 14.0. The number of nitrogens with one attached hydrogen (secondary N) is 2. The molecule has 2 rings (SSSR count). The van der Waals surface area contributed by atoms with E-state index in [4.69, 9.17) is 4.74 Å². The number of nitrogens with zero attached hydrogens (tertiary/aromatic N) is 3. The number of benzene rings is 1. The summed E-state index contributed by atoms with van der Waals surface area (Å²) in [5.41, 5.74) is 1.23. The molecule has 0 bridgehead atoms. The van der Waals surface area contributed by atoms with Crippen LogP contribution in [-0.2, 0) is 13.0 Å². The quantitative estimate of drug-likeness (QED) is 0.329. The molecule has 0 radical (unpaired) electrons. The summed E-state index contributed by atoms with van der Waals surface area (Å²) in [5, 5.41) is 7.82. The summed E-state index contributed by atoms with van der Waals surface area (Å²) in [5.74, 6) is 1.64. The van der Waals surface area contributed by atoms with Crippen molar-refractivity contribution in [3.8, 4) is 5.75 Å². The van der Waals surface area contributed by atoms with E-state index >= 15 is 0 Å². The minimum absolute atomic E-state index is 0. The van der Waals surface area contributed by atoms with Crippen LogP contribution in [0.2, 0.25) is 0 Å². The molecular weight excluding hydrogens is 473 g/mol. The Kier molecular flexibility index (Phi) is 10.6. The second-order valence-corrected chi connectivity index (χ2v) is 7.33. The van der Waals surface area contributed by atoms with Crippen molar-refractivity contribution in [1.29, 1.82) is 0 Å². The Morgan fingerprint density at radius 3 is 2.48 bits per heavy atom. The van der Waals surface area contributed by atoms with Gasteiger partial charge in [0.1, 0.15) is 10.8 Å². The molecule has 2 N–H and O–H groups in total. The highest BCUT2D eigenvalue weighted by Crippen LogP contribution is 2.20. The molecule has 1 aromatic carbocycles. The molecule has 6 nitrogen and oxygen atoms in total. The van der Waals surface area contributed by atoms with Crippen LogP contribution in [0.15, 0.2) is 35.5 Å². The summed E-state index contributed by atoms with van der Waals surface area (Å²) in [7, 11) is 7.62. The fourth-order valence-electron chi connectivity index (χ4n) is 2.59. The van der Waals surface area contributed by atoms with Crippen molar-refractivity contribution in [3.63, 3.8) is 0 Å². The van der Waals surface area contributed by atoms with Gasteiger partial charge >= 0.3 is 0 Å². The molecule has 0 spiro atoms. The lowest BCUT2D eigenvalue weighted by molar-refractivity contribution is 0.298. The van der Waals surface area contributed by atoms with E-state index in [0.29, 0.717) is 6.54 Å². The maximum Gasteiger partial charge on any atom is 0.191 e. The first kappa shape index (κ1) is 23.6. The molecule has 1 aromatic heterocycles. The first-order valence-corrected chi connectivity index (χ1v) is 9.57. The molecule has 2 aromatic rings. The Balaban J connectivity index is 0.00000364. The van der Waals surface area contributed by atoms with E-state index in [1.807, 2.05) is 18.3 Å². The maximum atomic E-state index is 5.25. The third kappa shape index (κ3) is 7.27. The number of likely N-dealkylation sites (N-methyl/N-ethyl adjacent to an activating group) is 1. The zero-order valence-electron chi connectivity index (χ0n) is 16.7. The van der Waals surface area contributed by atoms with Gasteiger partial charge in [0.05, 0.1) is 19.7 Å². The monoisotopic (exact) mass is 503 g/mol. The Labute approximate surface area is 183 Å². The molecule has 1 heterocycles. The summed E-state index contributed by atoms with van der Waals surface area (Å²) < 4.78 is 5.25. The second kappa shape index (κ2) is 12.1. The summed E-state index contributed by atoms with van der Waals surface area (Å²) >= 11 is 1.74. The van der Waals surface area contributed by atoms with Crippen molar-refractivity contribution in [2.24, 2.45) is 4.99 Å². The van der Waals surface area contributed by atoms with Gasteiger partial charge in [0.15, 0.2) is 5.96 Å². The van der Waals surface area contributed by atoms with Crippen LogP contribution in [0.4, 0.5) is 0 Å². The number of aryl methyl sites for hydroxylation is 1. The number of halogens is 1. The van der Waals surface area contributed by atoms with Crippen molar-refractivity contribution in [1.82, 2.24) is 20.5 Å². The Hall–Kier alpha value is -1.39. The van der Waals surface area contributed by atoms with Crippen LogP contribution >= 0.6 is 35.3 Å². The molecule has 0 fully saturated rings. The van der Waals surface area contributed by atoms with E-state index in [2.05, 4.69) is 58.7 Å². The van der Waals surface area contributed by atoms with Gasteiger partial charge < -0.3 is 20.3 Å². The fourth-order valence-corrected chi connectivity index (χ4v) is 3.39. The summed E-state index contributed by atoms with van der Waals surface area (Å²) in [6.45, 7) is 3.57. The van der Waals surface area contributed by atoms with E-state index in [1.54, 1.807) is 25.5 Å². The molecule has 150 valence electrons. The van der Waals surface area contributed by atoms with Gasteiger partial charge in [-0.15, -0.1) is 35.3 Å². The van der Waals surface area contributed by atoms with Crippen LogP contribution in [-0.4, -0.2) is 50.6 Å². The standard InChI is InChI=1S/C19H29N5OS.HI/c1-6-16-11-21-18(26-16)13-23-19(20-2)22-12-17(24(3)4)14-7-9-15(25-5)10-8-14;/h7-11,17H,6,12-13H2,1-5H3,(H2,20,22,23);1H. The van der Waals surface area contributed by atoms with E-state index in [-0.39, 0.29) is 30.0 Å². The maximum absolute atomic E-state index is 5.25. The predicted molar refractivity (Wildman–Crippen MR) is 125 cm³/mol. The van der Waals surface area contributed by atoms with E-state index in [1.165, 1.54) is 10.4 Å². The van der Waals surface area contributed by atoms with Crippen molar-refractivity contribution in [3.05, 3.63) is 45.9 Å². The van der Waals surface area contributed by atoms with Gasteiger partial charge in [0, 0.05) is 24.7 Å². The largest absolute Gasteiger partial charge is 0.497 e. The topological polar surface area (TPSA) is 61.8 Å². The number of hydrogen-bond acceptors (Lipinski definition) is 5. The minimum atomic E-state index is 0. The lowest BCUT2D eigenvalue weighted by Crippen LogP contribution is -2.41. The molecule has 0 aliphatic carbocycles. The minimum Gasteiger partial charge on any atom is -0.497 e. The highest BCUT2D eigenvalue weighted by Gasteiger charge is 2.15. The predicted octanol–water partition coefficient (Wildman–Crippen LogP) is 3.30. The second-order valence-electron chi connectivity index (χ2n) is 6.13. The third-order valence-corrected chi connectivity index (χ3v) is 5.31. The molecule has 8 heteroatoms. The SMILES string of the molecule is CCc1cnc(CNC(=NC)NCC(c2ccc(OC)cc2)N(C)C)s1.I. The molecule has 0 saturated carbocycles. The van der Waals surface area contributed by atoms with Crippen molar-refractivity contribution in [2.75, 3.05) is 34.8 Å². The van der Waals surface area contributed by atoms with E-state index in [9.17, 15) is 0 Å². The van der Waals surface area contributed by atoms with Crippen molar-refractivity contribution < 1.29 is 4.74 Å². The lowest BCUT2D eigenvalue weighted by atomic mass is 10.1. The Morgan fingerprint density at radius 2 is 1.96 bits per heavy atom. The number of aromatic nitrogens is 1. The zero-order valence-corrected chi connectivity index (χ0v) is 19.8. The van der Waals surface area contributed by atoms with E-state index in [0.717, 1.165) is 29.7 Å². The smallest absolute Gasteiger partial charge is 0.191 e. The number of guanidine groups is 1. The van der Waals surface area contributed by atoms with Crippen LogP contribution in [0.25, 0.3) is 0 Å². The average molecular weight is 503 g/mol. The summed E-state index contributed by atoms with van der Waals surface area (Å²) in [6, 6.07) is 8.41. The molecule has 0 amide bonds. The first-order valence-electron chi connectivity index (χ1n) is 8.75. The van der Waals surface area contributed by atoms with Gasteiger partial charge in [-0.3, -0.25) is 4.99 Å². The van der Waals surface area contributed by atoms with Gasteiger partial charge in [-0.05, 0) is 38.2 Å². The van der Waals surface area contributed by atoms with Crippen LogP contribution in [0.5, 0.6) is 5.75 Å². The van der Waals surface area contributed by atoms with Gasteiger partial charge in [0.25, 0.3) is 0 Å². The molecule has 0 aliphatic rings. The first-order chi connectivity index (χ1) is 12.6. The van der Waals surface area contributed by atoms with Gasteiger partial charge in [-0.2, -0.15) is 0 Å². The number of aliphatic imine (C=N–C) groups is 1. The molecule has 0 aliphatic heterocycles. The lowest BCUT2D eigenvalue weighted by Gasteiger charge is -2.26. The third-order valence-electron chi connectivity index (χ3n) is 4.17. The van der Waals surface area contributed by atoms with Crippen LogP contribution in [0.3, 0.4) is 0 Å². The van der Waals surface area contributed by atoms with Gasteiger partial charge in [0.2, 0.25) is 0 Å². The number of ether oxygens (including phenoxy) is 1. The number of methoxy groups -OCH3 is 1. The molecular formula is C19H30IN5OS. The van der Waals surface area contributed by atoms with Crippen molar-refractivity contribution >= 4 is 41.3 Å². The normalized spacial score (nSPS) is 12.4. The molecule has 0 saturated heterocycles. The number of hydrogen-bond donors (Lipinski definition) is 2. The van der Waals surface area contributed by atoms with Crippen LogP contribution in [0.1, 0.15) is 28.4 Å². The van der Waals surface area contributed by atoms with E-state index < -0.39 is 0 Å². The van der Waals surface area contributed by atoms with Crippen LogP contribution < -0.4 is 15.4 Å². The van der Waals surface area contributed by atoms with Crippen LogP contribution in [0, 0.1) is 0 Å². The molecule has 1 unspecified atom stereocenters. The average Bonchev–Trinajstić information content (AvgIpc) is 3.12. The number of rotatable bonds is 8. The summed E-state index contributed by atoms with van der Waals surface area (Å²) in [6.07, 6.45) is 2.97. The molecule has 1 atom stereocenters. The zero-order chi connectivity index (χ0) is 18.9. The fraction of sp³-hybridized carbons (Fsp3) is 0.474. The van der Waals surface area contributed by atoms with Gasteiger partial charge in [-0.1, -0.05) is 19.1 Å². The molecule has 27 heavy (non-hydrogen) atoms. The van der Waals surface area contributed by atoms with Gasteiger partial charge in [-0.25, -0.2) is 4.98 Å². The number of thiazole rings is 1. The summed E-state index contributed by atoms with van der Waals surface area (Å²) in [4.78, 5) is 12.2.